The van der Waals surface area contributed by atoms with Gasteiger partial charge in [0.25, 0.3) is 11.8 Å². The number of pyridine rings is 1. The summed E-state index contributed by atoms with van der Waals surface area (Å²) < 4.78 is 25.9. The molecule has 2 amide bonds. The SMILES string of the molecule is CN(C)c1ccc(CCNC(=O)c2ccc(F)cc2C(=O)N2CCC(Oc3ccc(-c4ccc(CN5CCOCC5)cc4)cn3)CC2)cc1. The van der Waals surface area contributed by atoms with E-state index >= 15 is 0 Å². The number of carbonyl (C=O) groups is 2. The lowest BCUT2D eigenvalue weighted by Gasteiger charge is -2.32. The molecule has 0 aliphatic carbocycles. The predicted octanol–water partition coefficient (Wildman–Crippen LogP) is 5.44. The molecule has 0 unspecified atom stereocenters. The molecule has 0 radical (unpaired) electrons. The molecule has 0 spiro atoms. The molecule has 2 saturated heterocycles. The van der Waals surface area contributed by atoms with Crippen molar-refractivity contribution in [2.45, 2.75) is 31.9 Å². The van der Waals surface area contributed by atoms with Crippen molar-refractivity contribution in [2.24, 2.45) is 0 Å². The number of benzene rings is 3. The van der Waals surface area contributed by atoms with Crippen LogP contribution in [0.15, 0.2) is 85.1 Å². The zero-order valence-electron chi connectivity index (χ0n) is 28.2. The smallest absolute Gasteiger partial charge is 0.254 e. The number of piperidine rings is 1. The first-order chi connectivity index (χ1) is 23.8. The van der Waals surface area contributed by atoms with E-state index in [4.69, 9.17) is 9.47 Å². The molecule has 49 heavy (non-hydrogen) atoms. The molecule has 3 aromatic carbocycles. The largest absolute Gasteiger partial charge is 0.474 e. The maximum atomic E-state index is 14.3. The van der Waals surface area contributed by atoms with Gasteiger partial charge in [0.15, 0.2) is 0 Å². The van der Waals surface area contributed by atoms with Crippen LogP contribution in [0, 0.1) is 5.82 Å². The van der Waals surface area contributed by atoms with E-state index in [0.29, 0.717) is 44.8 Å². The molecule has 1 N–H and O–H groups in total. The number of rotatable bonds is 11. The van der Waals surface area contributed by atoms with E-state index in [1.54, 1.807) is 4.90 Å². The average molecular weight is 666 g/mol. The molecule has 256 valence electrons. The molecule has 0 saturated carbocycles. The summed E-state index contributed by atoms with van der Waals surface area (Å²) in [6, 6.07) is 24.3. The van der Waals surface area contributed by atoms with Crippen molar-refractivity contribution >= 4 is 17.5 Å². The van der Waals surface area contributed by atoms with Crippen molar-refractivity contribution in [3.05, 3.63) is 113 Å². The molecule has 2 fully saturated rings. The van der Waals surface area contributed by atoms with E-state index in [1.807, 2.05) is 61.6 Å². The number of hydrogen-bond acceptors (Lipinski definition) is 7. The Morgan fingerprint density at radius 3 is 2.24 bits per heavy atom. The number of aromatic nitrogens is 1. The lowest BCUT2D eigenvalue weighted by molar-refractivity contribution is 0.0342. The van der Waals surface area contributed by atoms with Gasteiger partial charge in [0, 0.05) is 89.7 Å². The van der Waals surface area contributed by atoms with Gasteiger partial charge in [-0.15, -0.1) is 0 Å². The summed E-state index contributed by atoms with van der Waals surface area (Å²) in [5.41, 5.74) is 5.81. The summed E-state index contributed by atoms with van der Waals surface area (Å²) in [5, 5.41) is 2.89. The Labute approximate surface area is 287 Å². The molecule has 10 heteroatoms. The predicted molar refractivity (Wildman–Crippen MR) is 189 cm³/mol. The van der Waals surface area contributed by atoms with E-state index in [1.165, 1.54) is 17.7 Å². The molecule has 3 heterocycles. The highest BCUT2D eigenvalue weighted by Gasteiger charge is 2.28. The Bertz CT molecular complexity index is 1700. The molecule has 0 atom stereocenters. The Morgan fingerprint density at radius 1 is 0.878 bits per heavy atom. The van der Waals surface area contributed by atoms with Gasteiger partial charge in [-0.3, -0.25) is 14.5 Å². The van der Waals surface area contributed by atoms with Gasteiger partial charge in [0.05, 0.1) is 24.3 Å². The fraction of sp³-hybridized carbons (Fsp3) is 0.359. The Balaban J connectivity index is 0.988. The normalized spacial score (nSPS) is 15.5. The molecule has 4 aromatic rings. The quantitative estimate of drug-likeness (QED) is 0.228. The highest BCUT2D eigenvalue weighted by molar-refractivity contribution is 6.07. The molecular formula is C39H44FN5O4. The second-order valence-corrected chi connectivity index (χ2v) is 12.8. The molecule has 9 nitrogen and oxygen atoms in total. The average Bonchev–Trinajstić information content (AvgIpc) is 3.13. The Morgan fingerprint density at radius 2 is 1.57 bits per heavy atom. The van der Waals surface area contributed by atoms with Crippen LogP contribution in [0.5, 0.6) is 5.88 Å². The van der Waals surface area contributed by atoms with Gasteiger partial charge in [-0.25, -0.2) is 9.37 Å². The van der Waals surface area contributed by atoms with Crippen molar-refractivity contribution in [1.82, 2.24) is 20.1 Å². The topological polar surface area (TPSA) is 87.2 Å². The lowest BCUT2D eigenvalue weighted by atomic mass is 10.0. The molecule has 0 bridgehead atoms. The Hall–Kier alpha value is -4.80. The number of morpholine rings is 1. The molecule has 6 rings (SSSR count). The zero-order chi connectivity index (χ0) is 34.2. The Kier molecular flexibility index (Phi) is 11.2. The van der Waals surface area contributed by atoms with Gasteiger partial charge in [0.1, 0.15) is 11.9 Å². The maximum Gasteiger partial charge on any atom is 0.254 e. The summed E-state index contributed by atoms with van der Waals surface area (Å²) in [5.74, 6) is -0.779. The maximum absolute atomic E-state index is 14.3. The highest BCUT2D eigenvalue weighted by Crippen LogP contribution is 2.25. The number of nitrogens with zero attached hydrogens (tertiary/aromatic N) is 4. The summed E-state index contributed by atoms with van der Waals surface area (Å²) in [6.07, 6.45) is 3.55. The molecule has 1 aromatic heterocycles. The first-order valence-electron chi connectivity index (χ1n) is 17.0. The summed E-state index contributed by atoms with van der Waals surface area (Å²) >= 11 is 0. The third-order valence-electron chi connectivity index (χ3n) is 9.16. The number of nitrogens with one attached hydrogen (secondary N) is 1. The van der Waals surface area contributed by atoms with Crippen molar-refractivity contribution in [3.63, 3.8) is 0 Å². The van der Waals surface area contributed by atoms with E-state index < -0.39 is 11.7 Å². The van der Waals surface area contributed by atoms with Crippen LogP contribution in [0.3, 0.4) is 0 Å². The number of anilines is 1. The fourth-order valence-corrected chi connectivity index (χ4v) is 6.23. The third kappa shape index (κ3) is 9.01. The van der Waals surface area contributed by atoms with Crippen LogP contribution in [0.4, 0.5) is 10.1 Å². The highest BCUT2D eigenvalue weighted by atomic mass is 19.1. The van der Waals surface area contributed by atoms with Crippen molar-refractivity contribution < 1.29 is 23.5 Å². The van der Waals surface area contributed by atoms with Gasteiger partial charge in [0.2, 0.25) is 5.88 Å². The van der Waals surface area contributed by atoms with E-state index in [-0.39, 0.29) is 23.1 Å². The summed E-state index contributed by atoms with van der Waals surface area (Å²) in [7, 11) is 3.97. The minimum absolute atomic E-state index is 0.0681. The second kappa shape index (κ2) is 16.1. The number of hydrogen-bond donors (Lipinski definition) is 1. The van der Waals surface area contributed by atoms with E-state index in [0.717, 1.165) is 61.3 Å². The number of carbonyl (C=O) groups excluding carboxylic acids is 2. The first kappa shape index (κ1) is 34.1. The second-order valence-electron chi connectivity index (χ2n) is 12.8. The first-order valence-corrected chi connectivity index (χ1v) is 17.0. The van der Waals surface area contributed by atoms with Crippen LogP contribution in [0.25, 0.3) is 11.1 Å². The van der Waals surface area contributed by atoms with Crippen LogP contribution < -0.4 is 15.0 Å². The number of halogens is 1. The van der Waals surface area contributed by atoms with E-state index in [2.05, 4.69) is 39.5 Å². The molecule has 2 aliphatic rings. The lowest BCUT2D eigenvalue weighted by Crippen LogP contribution is -2.42. The van der Waals surface area contributed by atoms with Crippen LogP contribution in [0.1, 0.15) is 44.7 Å². The van der Waals surface area contributed by atoms with Crippen LogP contribution in [0.2, 0.25) is 0 Å². The number of amides is 2. The van der Waals surface area contributed by atoms with Gasteiger partial charge >= 0.3 is 0 Å². The monoisotopic (exact) mass is 665 g/mol. The van der Waals surface area contributed by atoms with E-state index in [9.17, 15) is 14.0 Å². The van der Waals surface area contributed by atoms with Gasteiger partial charge in [-0.1, -0.05) is 36.4 Å². The minimum atomic E-state index is -0.558. The van der Waals surface area contributed by atoms with Crippen molar-refractivity contribution in [3.8, 4) is 17.0 Å². The zero-order valence-corrected chi connectivity index (χ0v) is 28.2. The number of ether oxygens (including phenoxy) is 2. The van der Waals surface area contributed by atoms with Crippen LogP contribution in [-0.2, 0) is 17.7 Å². The standard InChI is InChI=1S/C39H44FN5O4/c1-43(2)33-11-5-28(6-12-33)15-18-41-38(46)35-13-10-32(40)25-36(35)39(47)45-19-16-34(17-20-45)49-37-14-9-31(26-42-37)30-7-3-29(4-8-30)27-44-21-23-48-24-22-44/h3-14,25-26,34H,15-24,27H2,1-2H3,(H,41,46). The van der Waals surface area contributed by atoms with Crippen LogP contribution in [-0.4, -0.2) is 92.7 Å². The van der Waals surface area contributed by atoms with Crippen molar-refractivity contribution in [2.75, 3.05) is 64.9 Å². The number of likely N-dealkylation sites (tertiary alicyclic amines) is 1. The fourth-order valence-electron chi connectivity index (χ4n) is 6.23. The molecular weight excluding hydrogens is 621 g/mol. The summed E-state index contributed by atoms with van der Waals surface area (Å²) in [6.45, 7) is 5.68. The van der Waals surface area contributed by atoms with Gasteiger partial charge in [-0.05, 0) is 59.5 Å². The van der Waals surface area contributed by atoms with Gasteiger partial charge < -0.3 is 24.6 Å². The summed E-state index contributed by atoms with van der Waals surface area (Å²) in [4.78, 5) is 37.3. The van der Waals surface area contributed by atoms with Gasteiger partial charge in [-0.2, -0.15) is 0 Å². The minimum Gasteiger partial charge on any atom is -0.474 e. The van der Waals surface area contributed by atoms with Crippen LogP contribution >= 0.6 is 0 Å². The molecule has 2 aliphatic heterocycles. The third-order valence-corrected chi connectivity index (χ3v) is 9.16. The van der Waals surface area contributed by atoms with Crippen molar-refractivity contribution in [1.29, 1.82) is 0 Å².